The lowest BCUT2D eigenvalue weighted by atomic mass is 10.1. The minimum absolute atomic E-state index is 0.0285. The number of aryl methyl sites for hydroxylation is 1. The number of thioether (sulfide) groups is 1. The zero-order chi connectivity index (χ0) is 20.3. The van der Waals surface area contributed by atoms with E-state index in [9.17, 15) is 20.1 Å². The third-order valence-electron chi connectivity index (χ3n) is 3.90. The first-order chi connectivity index (χ1) is 13.4. The SMILES string of the molecule is CCOC(=O)C1=C(O)/C(=C\c2cc(O)ccc2O)SC1=Nc1cccc(C)c1. The van der Waals surface area contributed by atoms with Crippen LogP contribution in [0.2, 0.25) is 0 Å². The van der Waals surface area contributed by atoms with Crippen LogP contribution in [0.1, 0.15) is 18.1 Å². The minimum atomic E-state index is -0.678. The van der Waals surface area contributed by atoms with Gasteiger partial charge >= 0.3 is 5.97 Å². The molecule has 6 nitrogen and oxygen atoms in total. The summed E-state index contributed by atoms with van der Waals surface area (Å²) in [5.74, 6) is -1.06. The second kappa shape index (κ2) is 8.22. The van der Waals surface area contributed by atoms with Crippen LogP contribution < -0.4 is 0 Å². The molecule has 0 fully saturated rings. The summed E-state index contributed by atoms with van der Waals surface area (Å²) in [6, 6.07) is 11.5. The van der Waals surface area contributed by atoms with Gasteiger partial charge in [0.15, 0.2) is 0 Å². The highest BCUT2D eigenvalue weighted by atomic mass is 32.2. The van der Waals surface area contributed by atoms with E-state index in [0.29, 0.717) is 21.2 Å². The van der Waals surface area contributed by atoms with E-state index < -0.39 is 5.97 Å². The van der Waals surface area contributed by atoms with Crippen molar-refractivity contribution in [3.8, 4) is 11.5 Å². The molecule has 0 aliphatic carbocycles. The number of carbonyl (C=O) groups is 1. The second-order valence-electron chi connectivity index (χ2n) is 6.05. The first-order valence-corrected chi connectivity index (χ1v) is 9.38. The fraction of sp³-hybridized carbons (Fsp3) is 0.143. The van der Waals surface area contributed by atoms with Gasteiger partial charge in [-0.05, 0) is 55.8 Å². The normalized spacial score (nSPS) is 16.8. The number of aromatic hydroxyl groups is 2. The lowest BCUT2D eigenvalue weighted by Gasteiger charge is -2.04. The molecule has 144 valence electrons. The van der Waals surface area contributed by atoms with Crippen LogP contribution >= 0.6 is 11.8 Å². The van der Waals surface area contributed by atoms with Crippen molar-refractivity contribution in [3.05, 3.63) is 69.8 Å². The van der Waals surface area contributed by atoms with E-state index in [1.807, 2.05) is 25.1 Å². The van der Waals surface area contributed by atoms with Crippen molar-refractivity contribution in [1.29, 1.82) is 0 Å². The van der Waals surface area contributed by atoms with Crippen molar-refractivity contribution in [2.24, 2.45) is 4.99 Å². The van der Waals surface area contributed by atoms with Crippen molar-refractivity contribution in [3.63, 3.8) is 0 Å². The predicted molar refractivity (Wildman–Crippen MR) is 110 cm³/mol. The van der Waals surface area contributed by atoms with Gasteiger partial charge in [-0.1, -0.05) is 23.9 Å². The zero-order valence-electron chi connectivity index (χ0n) is 15.3. The molecule has 0 spiro atoms. The van der Waals surface area contributed by atoms with Crippen LogP contribution in [0.3, 0.4) is 0 Å². The zero-order valence-corrected chi connectivity index (χ0v) is 16.2. The molecule has 1 aliphatic heterocycles. The molecule has 0 amide bonds. The Morgan fingerprint density at radius 3 is 2.68 bits per heavy atom. The maximum Gasteiger partial charge on any atom is 0.344 e. The lowest BCUT2D eigenvalue weighted by molar-refractivity contribution is -0.138. The van der Waals surface area contributed by atoms with Crippen LogP contribution in [0.15, 0.2) is 63.7 Å². The highest BCUT2D eigenvalue weighted by Crippen LogP contribution is 2.41. The molecule has 0 unspecified atom stereocenters. The molecule has 2 aromatic carbocycles. The maximum atomic E-state index is 12.4. The van der Waals surface area contributed by atoms with Crippen LogP contribution in [0.5, 0.6) is 11.5 Å². The summed E-state index contributed by atoms with van der Waals surface area (Å²) in [5.41, 5.74) is 1.92. The van der Waals surface area contributed by atoms with Crippen molar-refractivity contribution >= 4 is 34.5 Å². The number of aliphatic imine (C=N–C) groups is 1. The summed E-state index contributed by atoms with van der Waals surface area (Å²) in [4.78, 5) is 17.2. The van der Waals surface area contributed by atoms with Crippen LogP contribution in [0.4, 0.5) is 5.69 Å². The summed E-state index contributed by atoms with van der Waals surface area (Å²) >= 11 is 1.08. The number of ether oxygens (including phenoxy) is 1. The van der Waals surface area contributed by atoms with E-state index in [4.69, 9.17) is 4.74 Å². The average Bonchev–Trinajstić information content (AvgIpc) is 2.93. The Balaban J connectivity index is 2.08. The number of phenolic OH excluding ortho intramolecular Hbond substituents is 2. The molecule has 2 aromatic rings. The van der Waals surface area contributed by atoms with E-state index in [1.165, 1.54) is 24.3 Å². The fourth-order valence-electron chi connectivity index (χ4n) is 2.61. The number of esters is 1. The average molecular weight is 397 g/mol. The first-order valence-electron chi connectivity index (χ1n) is 8.57. The maximum absolute atomic E-state index is 12.4. The Bertz CT molecular complexity index is 1020. The summed E-state index contributed by atoms with van der Waals surface area (Å²) in [6.45, 7) is 3.77. The number of carbonyl (C=O) groups excluding carboxylic acids is 1. The molecule has 0 bridgehead atoms. The Labute approximate surface area is 166 Å². The number of benzene rings is 2. The second-order valence-corrected chi connectivity index (χ2v) is 7.08. The number of phenols is 2. The third kappa shape index (κ3) is 4.20. The molecule has 7 heteroatoms. The van der Waals surface area contributed by atoms with E-state index in [-0.39, 0.29) is 29.4 Å². The minimum Gasteiger partial charge on any atom is -0.508 e. The summed E-state index contributed by atoms with van der Waals surface area (Å²) in [7, 11) is 0. The summed E-state index contributed by atoms with van der Waals surface area (Å²) in [5, 5.41) is 30.6. The molecule has 0 saturated heterocycles. The fourth-order valence-corrected chi connectivity index (χ4v) is 3.63. The van der Waals surface area contributed by atoms with Crippen LogP contribution in [0.25, 0.3) is 6.08 Å². The number of hydrogen-bond acceptors (Lipinski definition) is 7. The summed E-state index contributed by atoms with van der Waals surface area (Å²) < 4.78 is 5.06. The third-order valence-corrected chi connectivity index (χ3v) is 4.92. The molecule has 3 N–H and O–H groups in total. The number of nitrogens with zero attached hydrogens (tertiary/aromatic N) is 1. The van der Waals surface area contributed by atoms with Crippen molar-refractivity contribution in [2.45, 2.75) is 13.8 Å². The van der Waals surface area contributed by atoms with Crippen molar-refractivity contribution in [1.82, 2.24) is 0 Å². The van der Waals surface area contributed by atoms with Gasteiger partial charge in [-0.15, -0.1) is 0 Å². The van der Waals surface area contributed by atoms with Gasteiger partial charge < -0.3 is 20.1 Å². The van der Waals surface area contributed by atoms with Gasteiger partial charge in [0.2, 0.25) is 0 Å². The van der Waals surface area contributed by atoms with Crippen LogP contribution in [0, 0.1) is 6.92 Å². The van der Waals surface area contributed by atoms with Crippen molar-refractivity contribution < 1.29 is 24.9 Å². The topological polar surface area (TPSA) is 99.4 Å². The largest absolute Gasteiger partial charge is 0.508 e. The van der Waals surface area contributed by atoms with Gasteiger partial charge in [0, 0.05) is 5.56 Å². The Morgan fingerprint density at radius 2 is 1.96 bits per heavy atom. The van der Waals surface area contributed by atoms with E-state index in [0.717, 1.165) is 17.3 Å². The van der Waals surface area contributed by atoms with Crippen LogP contribution in [-0.4, -0.2) is 32.9 Å². The number of rotatable bonds is 4. The van der Waals surface area contributed by atoms with Gasteiger partial charge in [-0.25, -0.2) is 9.79 Å². The van der Waals surface area contributed by atoms with Gasteiger partial charge in [-0.2, -0.15) is 0 Å². The Hall–Kier alpha value is -3.19. The van der Waals surface area contributed by atoms with Crippen molar-refractivity contribution in [2.75, 3.05) is 6.61 Å². The van der Waals surface area contributed by atoms with E-state index >= 15 is 0 Å². The number of hydrogen-bond donors (Lipinski definition) is 3. The highest BCUT2D eigenvalue weighted by molar-refractivity contribution is 8.18. The van der Waals surface area contributed by atoms with E-state index in [2.05, 4.69) is 4.99 Å². The predicted octanol–water partition coefficient (Wildman–Crippen LogP) is 4.60. The molecule has 3 rings (SSSR count). The number of aliphatic hydroxyl groups is 1. The molecule has 1 heterocycles. The summed E-state index contributed by atoms with van der Waals surface area (Å²) in [6.07, 6.45) is 1.48. The van der Waals surface area contributed by atoms with Gasteiger partial charge in [0.05, 0.1) is 17.2 Å². The highest BCUT2D eigenvalue weighted by Gasteiger charge is 2.33. The lowest BCUT2D eigenvalue weighted by Crippen LogP contribution is -2.12. The monoisotopic (exact) mass is 397 g/mol. The van der Waals surface area contributed by atoms with Crippen LogP contribution in [-0.2, 0) is 9.53 Å². The molecular formula is C21H19NO5S. The van der Waals surface area contributed by atoms with Gasteiger partial charge in [0.25, 0.3) is 0 Å². The van der Waals surface area contributed by atoms with Gasteiger partial charge in [0.1, 0.15) is 27.9 Å². The first kappa shape index (κ1) is 19.6. The molecule has 0 aromatic heterocycles. The molecule has 1 aliphatic rings. The molecule has 0 radical (unpaired) electrons. The Morgan fingerprint density at radius 1 is 1.18 bits per heavy atom. The molecule has 0 saturated carbocycles. The van der Waals surface area contributed by atoms with E-state index in [1.54, 1.807) is 13.0 Å². The smallest absolute Gasteiger partial charge is 0.344 e. The number of aliphatic hydroxyl groups excluding tert-OH is 1. The molecule has 0 atom stereocenters. The quantitative estimate of drug-likeness (QED) is 0.515. The molecule has 28 heavy (non-hydrogen) atoms. The Kier molecular flexibility index (Phi) is 5.75. The standard InChI is InChI=1S/C21H19NO5S/c1-3-27-21(26)18-19(25)17(11-13-10-15(23)7-8-16(13)24)28-20(18)22-14-6-4-5-12(2)9-14/h4-11,23-25H,3H2,1-2H3/b17-11+,22-20?. The molecular weight excluding hydrogens is 378 g/mol. The van der Waals surface area contributed by atoms with Gasteiger partial charge in [-0.3, -0.25) is 0 Å².